The molecule has 0 bridgehead atoms. The molecule has 3 nitrogen and oxygen atoms in total. The lowest BCUT2D eigenvalue weighted by Crippen LogP contribution is -2.29. The van der Waals surface area contributed by atoms with Crippen molar-refractivity contribution in [3.8, 4) is 5.75 Å². The van der Waals surface area contributed by atoms with Gasteiger partial charge in [0, 0.05) is 5.02 Å². The second-order valence-corrected chi connectivity index (χ2v) is 5.40. The van der Waals surface area contributed by atoms with Crippen LogP contribution in [0.15, 0.2) is 48.5 Å². The number of alkyl halides is 3. The Morgan fingerprint density at radius 1 is 1.12 bits per heavy atom. The summed E-state index contributed by atoms with van der Waals surface area (Å²) >= 11 is 5.96. The molecule has 0 aliphatic heterocycles. The second kappa shape index (κ2) is 8.06. The molecule has 0 aromatic heterocycles. The molecule has 0 fully saturated rings. The van der Waals surface area contributed by atoms with Crippen LogP contribution in [-0.2, 0) is 17.4 Å². The average molecular weight is 358 g/mol. The van der Waals surface area contributed by atoms with Crippen LogP contribution in [-0.4, -0.2) is 19.1 Å². The molecular weight excluding hydrogens is 343 g/mol. The topological polar surface area (TPSA) is 38.3 Å². The third kappa shape index (κ3) is 5.45. The number of nitrogens with one attached hydrogen (secondary N) is 1. The van der Waals surface area contributed by atoms with Crippen LogP contribution in [0.25, 0.3) is 0 Å². The first-order valence-electron chi connectivity index (χ1n) is 7.16. The van der Waals surface area contributed by atoms with Gasteiger partial charge in [-0.1, -0.05) is 35.9 Å². The van der Waals surface area contributed by atoms with Crippen LogP contribution in [0.1, 0.15) is 11.1 Å². The first kappa shape index (κ1) is 18.1. The Bertz CT molecular complexity index is 704. The Kier molecular flexibility index (Phi) is 6.09. The summed E-state index contributed by atoms with van der Waals surface area (Å²) < 4.78 is 43.0. The molecule has 0 spiro atoms. The standard InChI is InChI=1S/C17H15ClF3NO2/c18-15-7-2-1-4-12(15)10-16(23)22-8-9-24-14-6-3-5-13(11-14)17(19,20)21/h1-7,11H,8-10H2,(H,22,23). The molecule has 2 aromatic carbocycles. The highest BCUT2D eigenvalue weighted by Crippen LogP contribution is 2.31. The number of hydrogen-bond donors (Lipinski definition) is 1. The van der Waals surface area contributed by atoms with Crippen molar-refractivity contribution in [3.63, 3.8) is 0 Å². The van der Waals surface area contributed by atoms with Crippen molar-refractivity contribution in [2.75, 3.05) is 13.2 Å². The van der Waals surface area contributed by atoms with Gasteiger partial charge >= 0.3 is 6.18 Å². The van der Waals surface area contributed by atoms with Crippen LogP contribution >= 0.6 is 11.6 Å². The molecule has 0 unspecified atom stereocenters. The molecule has 0 radical (unpaired) electrons. The van der Waals surface area contributed by atoms with E-state index in [0.29, 0.717) is 10.6 Å². The van der Waals surface area contributed by atoms with E-state index in [1.807, 2.05) is 0 Å². The number of carbonyl (C=O) groups is 1. The van der Waals surface area contributed by atoms with Crippen molar-refractivity contribution in [1.82, 2.24) is 5.32 Å². The maximum absolute atomic E-state index is 12.6. The highest BCUT2D eigenvalue weighted by molar-refractivity contribution is 6.31. The average Bonchev–Trinajstić information content (AvgIpc) is 2.53. The zero-order valence-corrected chi connectivity index (χ0v) is 13.3. The maximum Gasteiger partial charge on any atom is 0.416 e. The maximum atomic E-state index is 12.6. The Balaban J connectivity index is 1.77. The van der Waals surface area contributed by atoms with Crippen LogP contribution in [0.3, 0.4) is 0 Å². The fourth-order valence-electron chi connectivity index (χ4n) is 2.00. The summed E-state index contributed by atoms with van der Waals surface area (Å²) in [5.74, 6) is -0.138. The van der Waals surface area contributed by atoms with Crippen molar-refractivity contribution in [2.45, 2.75) is 12.6 Å². The van der Waals surface area contributed by atoms with Crippen molar-refractivity contribution < 1.29 is 22.7 Å². The molecule has 1 amide bonds. The van der Waals surface area contributed by atoms with E-state index in [0.717, 1.165) is 12.1 Å². The second-order valence-electron chi connectivity index (χ2n) is 4.99. The first-order valence-corrected chi connectivity index (χ1v) is 7.54. The number of hydrogen-bond acceptors (Lipinski definition) is 2. The van der Waals surface area contributed by atoms with Crippen molar-refractivity contribution in [3.05, 3.63) is 64.7 Å². The fourth-order valence-corrected chi connectivity index (χ4v) is 2.20. The third-order valence-corrected chi connectivity index (χ3v) is 3.53. The summed E-state index contributed by atoms with van der Waals surface area (Å²) in [4.78, 5) is 11.8. The van der Waals surface area contributed by atoms with Gasteiger partial charge in [0.1, 0.15) is 12.4 Å². The van der Waals surface area contributed by atoms with E-state index < -0.39 is 11.7 Å². The molecular formula is C17H15ClF3NO2. The molecule has 0 heterocycles. The normalized spacial score (nSPS) is 11.2. The third-order valence-electron chi connectivity index (χ3n) is 3.16. The number of benzene rings is 2. The predicted octanol–water partition coefficient (Wildman–Crippen LogP) is 4.10. The molecule has 0 aliphatic carbocycles. The largest absolute Gasteiger partial charge is 0.492 e. The summed E-state index contributed by atoms with van der Waals surface area (Å²) in [5, 5.41) is 3.14. The van der Waals surface area contributed by atoms with Gasteiger partial charge in [0.25, 0.3) is 0 Å². The Morgan fingerprint density at radius 3 is 2.58 bits per heavy atom. The molecule has 0 aliphatic rings. The van der Waals surface area contributed by atoms with Gasteiger partial charge in [0.15, 0.2) is 0 Å². The highest BCUT2D eigenvalue weighted by atomic mass is 35.5. The minimum Gasteiger partial charge on any atom is -0.492 e. The number of carbonyl (C=O) groups excluding carboxylic acids is 1. The zero-order chi connectivity index (χ0) is 17.6. The van der Waals surface area contributed by atoms with Crippen LogP contribution in [0.5, 0.6) is 5.75 Å². The van der Waals surface area contributed by atoms with E-state index in [1.165, 1.54) is 12.1 Å². The SMILES string of the molecule is O=C(Cc1ccccc1Cl)NCCOc1cccc(C(F)(F)F)c1. The summed E-state index contributed by atoms with van der Waals surface area (Å²) in [6.45, 7) is 0.245. The van der Waals surface area contributed by atoms with Crippen molar-refractivity contribution >= 4 is 17.5 Å². The van der Waals surface area contributed by atoms with E-state index in [1.54, 1.807) is 24.3 Å². The van der Waals surface area contributed by atoms with Gasteiger partial charge in [0.2, 0.25) is 5.91 Å². The van der Waals surface area contributed by atoms with E-state index in [-0.39, 0.29) is 31.2 Å². The Hall–Kier alpha value is -2.21. The lowest BCUT2D eigenvalue weighted by Gasteiger charge is -2.11. The molecule has 2 rings (SSSR count). The minimum absolute atomic E-state index is 0.0651. The van der Waals surface area contributed by atoms with Gasteiger partial charge in [-0.2, -0.15) is 13.2 Å². The van der Waals surface area contributed by atoms with Gasteiger partial charge in [-0.05, 0) is 29.8 Å². The van der Waals surface area contributed by atoms with Gasteiger partial charge in [-0.15, -0.1) is 0 Å². The number of ether oxygens (including phenoxy) is 1. The van der Waals surface area contributed by atoms with Crippen molar-refractivity contribution in [2.24, 2.45) is 0 Å². The molecule has 24 heavy (non-hydrogen) atoms. The van der Waals surface area contributed by atoms with E-state index in [2.05, 4.69) is 5.32 Å². The Morgan fingerprint density at radius 2 is 1.88 bits per heavy atom. The van der Waals surface area contributed by atoms with E-state index >= 15 is 0 Å². The van der Waals surface area contributed by atoms with Crippen LogP contribution in [0.4, 0.5) is 13.2 Å². The number of rotatable bonds is 6. The molecule has 1 N–H and O–H groups in total. The lowest BCUT2D eigenvalue weighted by molar-refractivity contribution is -0.137. The summed E-state index contributed by atoms with van der Waals surface area (Å²) in [5.41, 5.74) is -0.0711. The van der Waals surface area contributed by atoms with Gasteiger partial charge in [-0.3, -0.25) is 4.79 Å². The number of halogens is 4. The monoisotopic (exact) mass is 357 g/mol. The quantitative estimate of drug-likeness (QED) is 0.791. The minimum atomic E-state index is -4.41. The fraction of sp³-hybridized carbons (Fsp3) is 0.235. The van der Waals surface area contributed by atoms with E-state index in [9.17, 15) is 18.0 Å². The van der Waals surface area contributed by atoms with Crippen LogP contribution < -0.4 is 10.1 Å². The van der Waals surface area contributed by atoms with Gasteiger partial charge < -0.3 is 10.1 Å². The smallest absolute Gasteiger partial charge is 0.416 e. The molecule has 2 aromatic rings. The summed E-state index contributed by atoms with van der Waals surface area (Å²) in [6.07, 6.45) is -4.29. The van der Waals surface area contributed by atoms with Gasteiger partial charge in [0.05, 0.1) is 18.5 Å². The van der Waals surface area contributed by atoms with Crippen LogP contribution in [0, 0.1) is 0 Å². The van der Waals surface area contributed by atoms with Crippen molar-refractivity contribution in [1.29, 1.82) is 0 Å². The molecule has 7 heteroatoms. The molecule has 0 atom stereocenters. The highest BCUT2D eigenvalue weighted by Gasteiger charge is 2.30. The van der Waals surface area contributed by atoms with Crippen LogP contribution in [0.2, 0.25) is 5.02 Å². The summed E-state index contributed by atoms with van der Waals surface area (Å²) in [7, 11) is 0. The molecule has 128 valence electrons. The molecule has 0 saturated carbocycles. The Labute approximate surface area is 142 Å². The lowest BCUT2D eigenvalue weighted by atomic mass is 10.1. The van der Waals surface area contributed by atoms with Gasteiger partial charge in [-0.25, -0.2) is 0 Å². The first-order chi connectivity index (χ1) is 11.4. The van der Waals surface area contributed by atoms with E-state index in [4.69, 9.17) is 16.3 Å². The number of amides is 1. The molecule has 0 saturated heterocycles. The summed E-state index contributed by atoms with van der Waals surface area (Å²) in [6, 6.07) is 11.6. The zero-order valence-electron chi connectivity index (χ0n) is 12.6. The predicted molar refractivity (Wildman–Crippen MR) is 85.1 cm³/mol.